The van der Waals surface area contributed by atoms with Crippen LogP contribution in [0.25, 0.3) is 0 Å². The Hall–Kier alpha value is -2.38. The number of amides is 1. The number of halogens is 1. The van der Waals surface area contributed by atoms with E-state index in [-0.39, 0.29) is 10.5 Å². The summed E-state index contributed by atoms with van der Waals surface area (Å²) >= 11 is 6.12. The van der Waals surface area contributed by atoms with Crippen molar-refractivity contribution in [1.29, 1.82) is 0 Å². The summed E-state index contributed by atoms with van der Waals surface area (Å²) in [4.78, 5) is 24.1. The molecule has 2 rings (SSSR count). The molecular formula is C18H18ClNO5S. The van der Waals surface area contributed by atoms with Crippen LogP contribution in [0.4, 0.5) is 5.69 Å². The fourth-order valence-corrected chi connectivity index (χ4v) is 3.66. The summed E-state index contributed by atoms with van der Waals surface area (Å²) in [6, 6.07) is 9.22. The van der Waals surface area contributed by atoms with Gasteiger partial charge in [0.2, 0.25) is 0 Å². The molecule has 0 saturated carbocycles. The Bertz CT molecular complexity index is 946. The van der Waals surface area contributed by atoms with Crippen molar-refractivity contribution in [2.45, 2.75) is 18.7 Å². The van der Waals surface area contributed by atoms with Gasteiger partial charge in [0.25, 0.3) is 5.91 Å². The van der Waals surface area contributed by atoms with E-state index in [0.717, 1.165) is 17.4 Å². The van der Waals surface area contributed by atoms with Gasteiger partial charge in [0.1, 0.15) is 0 Å². The second kappa shape index (κ2) is 7.88. The summed E-state index contributed by atoms with van der Waals surface area (Å²) in [6.45, 7) is 3.11. The first-order chi connectivity index (χ1) is 12.1. The number of hydrogen-bond donors (Lipinski definition) is 1. The minimum absolute atomic E-state index is 0.118. The number of ether oxygens (including phenoxy) is 1. The summed E-state index contributed by atoms with van der Waals surface area (Å²) < 4.78 is 28.4. The molecule has 2 aromatic carbocycles. The molecule has 6 nitrogen and oxygen atoms in total. The maximum atomic E-state index is 12.2. The van der Waals surface area contributed by atoms with E-state index in [2.05, 4.69) is 5.32 Å². The second-order valence-electron chi connectivity index (χ2n) is 5.83. The molecule has 0 heterocycles. The molecule has 26 heavy (non-hydrogen) atoms. The van der Waals surface area contributed by atoms with Crippen LogP contribution in [0.1, 0.15) is 21.5 Å². The largest absolute Gasteiger partial charge is 0.452 e. The van der Waals surface area contributed by atoms with Gasteiger partial charge in [0.15, 0.2) is 16.4 Å². The molecule has 0 bridgehead atoms. The van der Waals surface area contributed by atoms with Gasteiger partial charge in [-0.1, -0.05) is 29.8 Å². The average molecular weight is 396 g/mol. The SMILES string of the molecule is Cc1cc(C)c(NC(=O)COC(=O)c2ccccc2S(C)(=O)=O)c(Cl)c1. The van der Waals surface area contributed by atoms with Gasteiger partial charge in [0.05, 0.1) is 21.2 Å². The molecular weight excluding hydrogens is 378 g/mol. The van der Waals surface area contributed by atoms with Crippen LogP contribution < -0.4 is 5.32 Å². The van der Waals surface area contributed by atoms with Crippen molar-refractivity contribution in [3.05, 3.63) is 58.1 Å². The van der Waals surface area contributed by atoms with Crippen molar-refractivity contribution in [2.24, 2.45) is 0 Å². The lowest BCUT2D eigenvalue weighted by Crippen LogP contribution is -2.22. The highest BCUT2D eigenvalue weighted by Gasteiger charge is 2.20. The topological polar surface area (TPSA) is 89.5 Å². The van der Waals surface area contributed by atoms with Crippen LogP contribution in [0.3, 0.4) is 0 Å². The van der Waals surface area contributed by atoms with E-state index in [1.807, 2.05) is 13.0 Å². The molecule has 138 valence electrons. The molecule has 0 aliphatic heterocycles. The number of hydrogen-bond acceptors (Lipinski definition) is 5. The smallest absolute Gasteiger partial charge is 0.339 e. The lowest BCUT2D eigenvalue weighted by atomic mass is 10.1. The monoisotopic (exact) mass is 395 g/mol. The molecule has 0 aromatic heterocycles. The van der Waals surface area contributed by atoms with Crippen molar-refractivity contribution < 1.29 is 22.7 Å². The first-order valence-corrected chi connectivity index (χ1v) is 9.89. The fourth-order valence-electron chi connectivity index (χ4n) is 2.42. The van der Waals surface area contributed by atoms with Gasteiger partial charge in [-0.15, -0.1) is 0 Å². The number of sulfone groups is 1. The predicted molar refractivity (Wildman–Crippen MR) is 99.4 cm³/mol. The highest BCUT2D eigenvalue weighted by atomic mass is 35.5. The molecule has 0 aliphatic carbocycles. The van der Waals surface area contributed by atoms with Gasteiger partial charge < -0.3 is 10.1 Å². The number of rotatable bonds is 5. The van der Waals surface area contributed by atoms with Gasteiger partial charge in [-0.25, -0.2) is 13.2 Å². The third kappa shape index (κ3) is 4.83. The van der Waals surface area contributed by atoms with Crippen molar-refractivity contribution in [3.8, 4) is 0 Å². The zero-order valence-electron chi connectivity index (χ0n) is 14.5. The van der Waals surface area contributed by atoms with Crippen molar-refractivity contribution >= 4 is 39.0 Å². The van der Waals surface area contributed by atoms with Crippen LogP contribution in [0.2, 0.25) is 5.02 Å². The highest BCUT2D eigenvalue weighted by molar-refractivity contribution is 7.90. The number of nitrogens with one attached hydrogen (secondary N) is 1. The van der Waals surface area contributed by atoms with Crippen LogP contribution >= 0.6 is 11.6 Å². The maximum absolute atomic E-state index is 12.2. The molecule has 0 spiro atoms. The summed E-state index contributed by atoms with van der Waals surface area (Å²) in [5.74, 6) is -1.48. The molecule has 0 fully saturated rings. The van der Waals surface area contributed by atoms with E-state index in [4.69, 9.17) is 16.3 Å². The van der Waals surface area contributed by atoms with Crippen LogP contribution in [-0.2, 0) is 19.4 Å². The van der Waals surface area contributed by atoms with Crippen molar-refractivity contribution in [1.82, 2.24) is 0 Å². The summed E-state index contributed by atoms with van der Waals surface area (Å²) in [6.07, 6.45) is 0.994. The standard InChI is InChI=1S/C18H18ClNO5S/c1-11-8-12(2)17(14(19)9-11)20-16(21)10-25-18(22)13-6-4-5-7-15(13)26(3,23)24/h4-9H,10H2,1-3H3,(H,20,21). The summed E-state index contributed by atoms with van der Waals surface area (Å²) in [7, 11) is -3.60. The van der Waals surface area contributed by atoms with Gasteiger partial charge in [-0.2, -0.15) is 0 Å². The average Bonchev–Trinajstić information content (AvgIpc) is 2.55. The van der Waals surface area contributed by atoms with Gasteiger partial charge >= 0.3 is 5.97 Å². The predicted octanol–water partition coefficient (Wildman–Crippen LogP) is 3.16. The number of esters is 1. The number of carbonyl (C=O) groups is 2. The Labute approximate surface area is 157 Å². The normalized spacial score (nSPS) is 11.1. The Kier molecular flexibility index (Phi) is 6.05. The van der Waals surface area contributed by atoms with Gasteiger partial charge in [-0.3, -0.25) is 4.79 Å². The van der Waals surface area contributed by atoms with Crippen LogP contribution in [-0.4, -0.2) is 33.2 Å². The third-order valence-electron chi connectivity index (χ3n) is 3.54. The fraction of sp³-hybridized carbons (Fsp3) is 0.222. The molecule has 2 aromatic rings. The minimum Gasteiger partial charge on any atom is -0.452 e. The molecule has 0 saturated heterocycles. The first-order valence-electron chi connectivity index (χ1n) is 7.62. The molecule has 1 N–H and O–H groups in total. The number of carbonyl (C=O) groups excluding carboxylic acids is 2. The molecule has 0 aliphatic rings. The second-order valence-corrected chi connectivity index (χ2v) is 8.22. The number of anilines is 1. The first kappa shape index (κ1) is 19.9. The minimum atomic E-state index is -3.60. The Morgan fingerprint density at radius 2 is 1.81 bits per heavy atom. The van der Waals surface area contributed by atoms with E-state index in [1.54, 1.807) is 13.0 Å². The van der Waals surface area contributed by atoms with E-state index in [0.29, 0.717) is 10.7 Å². The van der Waals surface area contributed by atoms with E-state index in [1.165, 1.54) is 24.3 Å². The van der Waals surface area contributed by atoms with E-state index < -0.39 is 28.3 Å². The van der Waals surface area contributed by atoms with Crippen LogP contribution in [0.5, 0.6) is 0 Å². The van der Waals surface area contributed by atoms with E-state index in [9.17, 15) is 18.0 Å². The lowest BCUT2D eigenvalue weighted by Gasteiger charge is -2.12. The molecule has 0 unspecified atom stereocenters. The molecule has 1 amide bonds. The molecule has 0 atom stereocenters. The van der Waals surface area contributed by atoms with Crippen LogP contribution in [0, 0.1) is 13.8 Å². The molecule has 8 heteroatoms. The van der Waals surface area contributed by atoms with Gasteiger partial charge in [-0.05, 0) is 43.2 Å². The number of benzene rings is 2. The third-order valence-corrected chi connectivity index (χ3v) is 4.99. The van der Waals surface area contributed by atoms with Crippen molar-refractivity contribution in [3.63, 3.8) is 0 Å². The lowest BCUT2D eigenvalue weighted by molar-refractivity contribution is -0.119. The Morgan fingerprint density at radius 3 is 2.42 bits per heavy atom. The number of aryl methyl sites for hydroxylation is 2. The van der Waals surface area contributed by atoms with E-state index >= 15 is 0 Å². The Morgan fingerprint density at radius 1 is 1.15 bits per heavy atom. The quantitative estimate of drug-likeness (QED) is 0.785. The Balaban J connectivity index is 2.08. The summed E-state index contributed by atoms with van der Waals surface area (Å²) in [5.41, 5.74) is 2.05. The van der Waals surface area contributed by atoms with Crippen molar-refractivity contribution in [2.75, 3.05) is 18.2 Å². The zero-order valence-corrected chi connectivity index (χ0v) is 16.1. The summed E-state index contributed by atoms with van der Waals surface area (Å²) in [5, 5.41) is 2.97. The maximum Gasteiger partial charge on any atom is 0.339 e. The molecule has 0 radical (unpaired) electrons. The zero-order chi connectivity index (χ0) is 19.5. The van der Waals surface area contributed by atoms with Crippen LogP contribution in [0.15, 0.2) is 41.3 Å². The van der Waals surface area contributed by atoms with Gasteiger partial charge in [0, 0.05) is 6.26 Å². The highest BCUT2D eigenvalue weighted by Crippen LogP contribution is 2.27.